The van der Waals surface area contributed by atoms with Crippen LogP contribution in [-0.4, -0.2) is 50.8 Å². The number of para-hydroxylation sites is 1. The van der Waals surface area contributed by atoms with E-state index in [2.05, 4.69) is 47.5 Å². The first kappa shape index (κ1) is 24.5. The van der Waals surface area contributed by atoms with Gasteiger partial charge in [-0.3, -0.25) is 4.99 Å². The van der Waals surface area contributed by atoms with Gasteiger partial charge in [-0.25, -0.2) is 0 Å². The third-order valence-corrected chi connectivity index (χ3v) is 5.22. The first-order chi connectivity index (χ1) is 14.3. The van der Waals surface area contributed by atoms with E-state index in [4.69, 9.17) is 14.5 Å². The summed E-state index contributed by atoms with van der Waals surface area (Å²) in [7, 11) is 1.72. The SMILES string of the molecule is CCNC(=NCCc1ccccc1OC)N1CCC(COCc2ccccc2)C1.I. The monoisotopic (exact) mass is 523 g/mol. The quantitative estimate of drug-likeness (QED) is 0.302. The van der Waals surface area contributed by atoms with Crippen LogP contribution in [0.5, 0.6) is 5.75 Å². The van der Waals surface area contributed by atoms with E-state index in [1.54, 1.807) is 7.11 Å². The van der Waals surface area contributed by atoms with Crippen LogP contribution in [0.1, 0.15) is 24.5 Å². The van der Waals surface area contributed by atoms with E-state index >= 15 is 0 Å². The Morgan fingerprint density at radius 3 is 2.67 bits per heavy atom. The molecular weight excluding hydrogens is 489 g/mol. The average molecular weight is 523 g/mol. The molecule has 1 aliphatic heterocycles. The third kappa shape index (κ3) is 7.47. The molecule has 1 N–H and O–H groups in total. The van der Waals surface area contributed by atoms with E-state index in [1.807, 2.05) is 24.3 Å². The van der Waals surface area contributed by atoms with Gasteiger partial charge in [0.2, 0.25) is 0 Å². The van der Waals surface area contributed by atoms with Gasteiger partial charge in [0.1, 0.15) is 5.75 Å². The van der Waals surface area contributed by atoms with Gasteiger partial charge in [-0.05, 0) is 37.0 Å². The summed E-state index contributed by atoms with van der Waals surface area (Å²) < 4.78 is 11.4. The highest BCUT2D eigenvalue weighted by molar-refractivity contribution is 14.0. The number of benzene rings is 2. The van der Waals surface area contributed by atoms with Crippen molar-refractivity contribution in [1.82, 2.24) is 10.2 Å². The molecule has 30 heavy (non-hydrogen) atoms. The molecule has 0 bridgehead atoms. The molecule has 1 heterocycles. The molecule has 164 valence electrons. The molecule has 0 radical (unpaired) electrons. The Morgan fingerprint density at radius 2 is 1.90 bits per heavy atom. The molecule has 0 aliphatic carbocycles. The maximum absolute atomic E-state index is 5.96. The highest BCUT2D eigenvalue weighted by Gasteiger charge is 2.25. The van der Waals surface area contributed by atoms with Crippen LogP contribution in [-0.2, 0) is 17.8 Å². The van der Waals surface area contributed by atoms with Gasteiger partial charge in [0.15, 0.2) is 5.96 Å². The molecule has 0 saturated carbocycles. The molecule has 5 nitrogen and oxygen atoms in total. The fourth-order valence-corrected chi connectivity index (χ4v) is 3.70. The second kappa shape index (κ2) is 13.5. The molecule has 6 heteroatoms. The maximum Gasteiger partial charge on any atom is 0.193 e. The zero-order chi connectivity index (χ0) is 20.3. The van der Waals surface area contributed by atoms with Gasteiger partial charge in [0, 0.05) is 32.1 Å². The maximum atomic E-state index is 5.96. The molecule has 2 aromatic carbocycles. The molecule has 0 amide bonds. The number of rotatable bonds is 9. The number of nitrogens with zero attached hydrogens (tertiary/aromatic N) is 2. The van der Waals surface area contributed by atoms with Crippen molar-refractivity contribution in [2.75, 3.05) is 39.9 Å². The minimum atomic E-state index is 0. The van der Waals surface area contributed by atoms with Crippen molar-refractivity contribution in [1.29, 1.82) is 0 Å². The van der Waals surface area contributed by atoms with Crippen molar-refractivity contribution >= 4 is 29.9 Å². The average Bonchev–Trinajstić information content (AvgIpc) is 3.23. The van der Waals surface area contributed by atoms with E-state index < -0.39 is 0 Å². The summed E-state index contributed by atoms with van der Waals surface area (Å²) in [6, 6.07) is 18.5. The number of likely N-dealkylation sites (tertiary alicyclic amines) is 1. The fraction of sp³-hybridized carbons (Fsp3) is 0.458. The van der Waals surface area contributed by atoms with Crippen molar-refractivity contribution in [3.05, 3.63) is 65.7 Å². The largest absolute Gasteiger partial charge is 0.496 e. The van der Waals surface area contributed by atoms with Gasteiger partial charge in [0.25, 0.3) is 0 Å². The van der Waals surface area contributed by atoms with Crippen molar-refractivity contribution in [3.63, 3.8) is 0 Å². The number of guanidine groups is 1. The molecule has 3 rings (SSSR count). The molecule has 1 fully saturated rings. The lowest BCUT2D eigenvalue weighted by atomic mass is 10.1. The predicted octanol–water partition coefficient (Wildman–Crippen LogP) is 4.36. The van der Waals surface area contributed by atoms with Crippen LogP contribution in [0, 0.1) is 5.92 Å². The number of nitrogens with one attached hydrogen (secondary N) is 1. The standard InChI is InChI=1S/C24H33N3O2.HI/c1-3-25-24(26-15-13-22-11-7-8-12-23(22)28-2)27-16-14-21(17-27)19-29-18-20-9-5-4-6-10-20;/h4-12,21H,3,13-19H2,1-2H3,(H,25,26);1H. The van der Waals surface area contributed by atoms with Gasteiger partial charge >= 0.3 is 0 Å². The van der Waals surface area contributed by atoms with E-state index in [0.717, 1.165) is 57.3 Å². The second-order valence-electron chi connectivity index (χ2n) is 7.40. The summed E-state index contributed by atoms with van der Waals surface area (Å²) in [5.41, 5.74) is 2.43. The van der Waals surface area contributed by atoms with Crippen LogP contribution in [0.3, 0.4) is 0 Å². The number of hydrogen-bond donors (Lipinski definition) is 1. The Balaban J connectivity index is 0.00000320. The van der Waals surface area contributed by atoms with Crippen molar-refractivity contribution in [3.8, 4) is 5.75 Å². The van der Waals surface area contributed by atoms with E-state index in [-0.39, 0.29) is 24.0 Å². The number of hydrogen-bond acceptors (Lipinski definition) is 3. The number of aliphatic imine (C=N–C) groups is 1. The molecule has 1 aliphatic rings. The molecule has 1 saturated heterocycles. The summed E-state index contributed by atoms with van der Waals surface area (Å²) in [6.07, 6.45) is 2.02. The highest BCUT2D eigenvalue weighted by atomic mass is 127. The normalized spacial score (nSPS) is 16.3. The Labute approximate surface area is 197 Å². The predicted molar refractivity (Wildman–Crippen MR) is 134 cm³/mol. The van der Waals surface area contributed by atoms with E-state index in [1.165, 1.54) is 11.1 Å². The molecule has 0 spiro atoms. The lowest BCUT2D eigenvalue weighted by Crippen LogP contribution is -2.40. The zero-order valence-electron chi connectivity index (χ0n) is 18.0. The zero-order valence-corrected chi connectivity index (χ0v) is 20.4. The summed E-state index contributed by atoms with van der Waals surface area (Å²) in [5.74, 6) is 2.49. The first-order valence-electron chi connectivity index (χ1n) is 10.6. The van der Waals surface area contributed by atoms with Crippen LogP contribution in [0.25, 0.3) is 0 Å². The van der Waals surface area contributed by atoms with Gasteiger partial charge in [-0.1, -0.05) is 48.5 Å². The van der Waals surface area contributed by atoms with E-state index in [0.29, 0.717) is 12.5 Å². The summed E-state index contributed by atoms with van der Waals surface area (Å²) in [6.45, 7) is 7.24. The first-order valence-corrected chi connectivity index (χ1v) is 10.6. The fourth-order valence-electron chi connectivity index (χ4n) is 3.70. The molecule has 0 aromatic heterocycles. The van der Waals surface area contributed by atoms with Gasteiger partial charge in [-0.2, -0.15) is 0 Å². The van der Waals surface area contributed by atoms with Crippen LogP contribution in [0.15, 0.2) is 59.6 Å². The van der Waals surface area contributed by atoms with Crippen LogP contribution >= 0.6 is 24.0 Å². The lowest BCUT2D eigenvalue weighted by molar-refractivity contribution is 0.0907. The Bertz CT molecular complexity index is 770. The van der Waals surface area contributed by atoms with Crippen LogP contribution in [0.4, 0.5) is 0 Å². The van der Waals surface area contributed by atoms with Gasteiger partial charge in [0.05, 0.1) is 20.3 Å². The number of methoxy groups -OCH3 is 1. The lowest BCUT2D eigenvalue weighted by Gasteiger charge is -2.22. The highest BCUT2D eigenvalue weighted by Crippen LogP contribution is 2.19. The number of ether oxygens (including phenoxy) is 2. The summed E-state index contributed by atoms with van der Waals surface area (Å²) in [4.78, 5) is 7.23. The minimum absolute atomic E-state index is 0. The van der Waals surface area contributed by atoms with Gasteiger partial charge < -0.3 is 19.7 Å². The second-order valence-corrected chi connectivity index (χ2v) is 7.40. The minimum Gasteiger partial charge on any atom is -0.496 e. The summed E-state index contributed by atoms with van der Waals surface area (Å²) in [5, 5.41) is 3.45. The van der Waals surface area contributed by atoms with E-state index in [9.17, 15) is 0 Å². The number of halogens is 1. The third-order valence-electron chi connectivity index (χ3n) is 5.22. The van der Waals surface area contributed by atoms with Crippen molar-refractivity contribution in [2.24, 2.45) is 10.9 Å². The topological polar surface area (TPSA) is 46.1 Å². The summed E-state index contributed by atoms with van der Waals surface area (Å²) >= 11 is 0. The molecular formula is C24H34IN3O2. The van der Waals surface area contributed by atoms with Crippen molar-refractivity contribution < 1.29 is 9.47 Å². The Hall–Kier alpha value is -1.80. The van der Waals surface area contributed by atoms with Crippen LogP contribution in [0.2, 0.25) is 0 Å². The smallest absolute Gasteiger partial charge is 0.193 e. The molecule has 2 aromatic rings. The van der Waals surface area contributed by atoms with Crippen LogP contribution < -0.4 is 10.1 Å². The Kier molecular flexibility index (Phi) is 11.0. The Morgan fingerprint density at radius 1 is 1.13 bits per heavy atom. The molecule has 1 atom stereocenters. The van der Waals surface area contributed by atoms with Gasteiger partial charge in [-0.15, -0.1) is 24.0 Å². The van der Waals surface area contributed by atoms with Crippen molar-refractivity contribution in [2.45, 2.75) is 26.4 Å². The molecule has 1 unspecified atom stereocenters.